The molecular weight excluding hydrogens is 540 g/mol. The summed E-state index contributed by atoms with van der Waals surface area (Å²) in [5, 5.41) is 0. The van der Waals surface area contributed by atoms with Crippen LogP contribution in [0.3, 0.4) is 0 Å². The van der Waals surface area contributed by atoms with Crippen LogP contribution in [0.15, 0.2) is 87.5 Å². The van der Waals surface area contributed by atoms with E-state index in [9.17, 15) is 13.2 Å². The van der Waals surface area contributed by atoms with Crippen LogP contribution in [0.5, 0.6) is 0 Å². The summed E-state index contributed by atoms with van der Waals surface area (Å²) >= 11 is 0. The van der Waals surface area contributed by atoms with Gasteiger partial charge < -0.3 is 4.74 Å². The topological polar surface area (TPSA) is 80.7 Å². The van der Waals surface area contributed by atoms with E-state index in [-0.39, 0.29) is 35.6 Å². The summed E-state index contributed by atoms with van der Waals surface area (Å²) in [6.45, 7) is 0.0181. The molecule has 0 saturated heterocycles. The highest BCUT2D eigenvalue weighted by atomic mass is 32.2. The van der Waals surface area contributed by atoms with Crippen molar-refractivity contribution in [2.45, 2.75) is 79.9 Å². The van der Waals surface area contributed by atoms with Crippen LogP contribution in [-0.2, 0) is 30.5 Å². The van der Waals surface area contributed by atoms with Gasteiger partial charge in [-0.05, 0) is 86.5 Å². The Labute approximate surface area is 242 Å². The van der Waals surface area contributed by atoms with Crippen molar-refractivity contribution >= 4 is 27.0 Å². The predicted octanol–water partition coefficient (Wildman–Crippen LogP) is 7.47. The molecule has 214 valence electrons. The monoisotopic (exact) mass is 581 g/mol. The molecule has 7 heteroatoms. The largest absolute Gasteiger partial charge is 0.466 e. The Bertz CT molecular complexity index is 1320. The fourth-order valence-corrected chi connectivity index (χ4v) is 10.1. The number of fused-ring (bicyclic) bond motifs is 2. The van der Waals surface area contributed by atoms with Gasteiger partial charge in [-0.3, -0.25) is 9.35 Å². The molecule has 5 rings (SSSR count). The Balaban J connectivity index is 1.40. The molecule has 3 aliphatic rings. The highest BCUT2D eigenvalue weighted by Gasteiger charge is 2.44. The molecule has 0 amide bonds. The first kappa shape index (κ1) is 29.2. The molecule has 2 aromatic rings. The number of benzene rings is 2. The Morgan fingerprint density at radius 1 is 1.02 bits per heavy atom. The summed E-state index contributed by atoms with van der Waals surface area (Å²) in [6.07, 6.45) is 16.4. The average Bonchev–Trinajstić information content (AvgIpc) is 2.96. The molecule has 5 nitrogen and oxygen atoms in total. The van der Waals surface area contributed by atoms with E-state index in [0.29, 0.717) is 24.2 Å². The highest BCUT2D eigenvalue weighted by Crippen LogP contribution is 2.54. The summed E-state index contributed by atoms with van der Waals surface area (Å²) in [4.78, 5) is 16.9. The molecule has 0 heterocycles. The molecule has 2 aromatic carbocycles. The second-order valence-corrected chi connectivity index (χ2v) is 15.1. The molecule has 2 fully saturated rings. The molecule has 0 radical (unpaired) electrons. The third-order valence-corrected chi connectivity index (χ3v) is 11.9. The van der Waals surface area contributed by atoms with Crippen molar-refractivity contribution in [3.05, 3.63) is 83.3 Å². The highest BCUT2D eigenvalue weighted by molar-refractivity contribution is 8.00. The first-order chi connectivity index (χ1) is 19.4. The standard InChI is InChI=1S/C33H40O5S2/c34-32(38-21-10-22-40(35,36)37)20-19-27-24-25-11-9-12-26(23-25)33(27)30-17-7-8-18-31(30)39(28-13-3-1-4-14-28)29-15-5-2-6-16-29/h1-5,7-8,13-15,17-18,25-27,33H,6,9-12,16,19-24H2/p+1. The van der Waals surface area contributed by atoms with Gasteiger partial charge in [0.2, 0.25) is 0 Å². The second kappa shape index (κ2) is 13.5. The van der Waals surface area contributed by atoms with E-state index >= 15 is 0 Å². The number of hydrogen-bond acceptors (Lipinski definition) is 4. The van der Waals surface area contributed by atoms with Gasteiger partial charge in [0.1, 0.15) is 4.91 Å². The van der Waals surface area contributed by atoms with Gasteiger partial charge in [0.05, 0.1) is 23.3 Å². The van der Waals surface area contributed by atoms with Gasteiger partial charge in [-0.1, -0.05) is 61.4 Å². The summed E-state index contributed by atoms with van der Waals surface area (Å²) in [5.41, 5.74) is 1.46. The van der Waals surface area contributed by atoms with Crippen LogP contribution in [-0.4, -0.2) is 31.3 Å². The van der Waals surface area contributed by atoms with E-state index in [1.54, 1.807) is 0 Å². The van der Waals surface area contributed by atoms with E-state index in [4.69, 9.17) is 9.29 Å². The molecule has 0 aliphatic heterocycles. The molecule has 2 saturated carbocycles. The van der Waals surface area contributed by atoms with Crippen LogP contribution < -0.4 is 0 Å². The van der Waals surface area contributed by atoms with Gasteiger partial charge >= 0.3 is 5.97 Å². The number of carbonyl (C=O) groups is 1. The van der Waals surface area contributed by atoms with Crippen molar-refractivity contribution in [1.82, 2.24) is 0 Å². The molecule has 2 bridgehead atoms. The van der Waals surface area contributed by atoms with E-state index in [0.717, 1.165) is 31.6 Å². The van der Waals surface area contributed by atoms with Crippen molar-refractivity contribution < 1.29 is 22.5 Å². The van der Waals surface area contributed by atoms with Gasteiger partial charge in [0.25, 0.3) is 10.1 Å². The molecule has 0 aromatic heterocycles. The number of hydrogen-bond donors (Lipinski definition) is 1. The molecule has 3 aliphatic carbocycles. The lowest BCUT2D eigenvalue weighted by Crippen LogP contribution is -2.35. The lowest BCUT2D eigenvalue weighted by atomic mass is 9.59. The lowest BCUT2D eigenvalue weighted by molar-refractivity contribution is -0.144. The first-order valence-corrected chi connectivity index (χ1v) is 17.6. The van der Waals surface area contributed by atoms with Crippen molar-refractivity contribution in [3.8, 4) is 0 Å². The van der Waals surface area contributed by atoms with Crippen LogP contribution in [0.25, 0.3) is 0 Å². The SMILES string of the molecule is O=C(CCC1CC2CCCC(C2)C1c1ccccc1[S+](C1=CC=CCC1)c1ccccc1)OCCCS(=O)(=O)O. The van der Waals surface area contributed by atoms with Crippen molar-refractivity contribution in [2.75, 3.05) is 12.4 Å². The average molecular weight is 582 g/mol. The number of carbonyl (C=O) groups excluding carboxylic acids is 1. The van der Waals surface area contributed by atoms with Crippen LogP contribution in [0.1, 0.15) is 75.7 Å². The van der Waals surface area contributed by atoms with Crippen LogP contribution in [0.2, 0.25) is 0 Å². The smallest absolute Gasteiger partial charge is 0.305 e. The second-order valence-electron chi connectivity index (χ2n) is 11.5. The summed E-state index contributed by atoms with van der Waals surface area (Å²) in [6, 6.07) is 20.0. The third kappa shape index (κ3) is 7.48. The minimum Gasteiger partial charge on any atom is -0.466 e. The Hall–Kier alpha value is -2.35. The molecule has 1 N–H and O–H groups in total. The maximum Gasteiger partial charge on any atom is 0.305 e. The summed E-state index contributed by atoms with van der Waals surface area (Å²) < 4.78 is 36.2. The maximum atomic E-state index is 12.6. The molecule has 40 heavy (non-hydrogen) atoms. The summed E-state index contributed by atoms with van der Waals surface area (Å²) in [5.74, 6) is 1.53. The number of ether oxygens (including phenoxy) is 1. The lowest BCUT2D eigenvalue weighted by Gasteiger charge is -2.46. The fourth-order valence-electron chi connectivity index (χ4n) is 7.11. The van der Waals surface area contributed by atoms with Gasteiger partial charge in [0.15, 0.2) is 9.79 Å². The van der Waals surface area contributed by atoms with E-state index in [2.05, 4.69) is 72.8 Å². The third-order valence-electron chi connectivity index (χ3n) is 8.72. The Morgan fingerprint density at radius 2 is 1.82 bits per heavy atom. The molecule has 5 atom stereocenters. The van der Waals surface area contributed by atoms with E-state index < -0.39 is 10.1 Å². The molecular formula is C33H41O5S2+. The Morgan fingerprint density at radius 3 is 2.60 bits per heavy atom. The van der Waals surface area contributed by atoms with Gasteiger partial charge in [-0.25, -0.2) is 0 Å². The van der Waals surface area contributed by atoms with Crippen LogP contribution in [0, 0.1) is 17.8 Å². The number of rotatable bonds is 11. The minimum atomic E-state index is -4.04. The molecule has 0 spiro atoms. The quantitative estimate of drug-likeness (QED) is 0.129. The fraction of sp³-hybridized carbons (Fsp3) is 0.485. The zero-order valence-corrected chi connectivity index (χ0v) is 24.8. The van der Waals surface area contributed by atoms with E-state index in [1.165, 1.54) is 45.9 Å². The summed E-state index contributed by atoms with van der Waals surface area (Å²) in [7, 11) is -4.19. The van der Waals surface area contributed by atoms with Crippen LogP contribution in [0.4, 0.5) is 0 Å². The van der Waals surface area contributed by atoms with Gasteiger partial charge in [-0.2, -0.15) is 8.42 Å². The Kier molecular flexibility index (Phi) is 9.87. The van der Waals surface area contributed by atoms with Crippen molar-refractivity contribution in [3.63, 3.8) is 0 Å². The predicted molar refractivity (Wildman–Crippen MR) is 161 cm³/mol. The van der Waals surface area contributed by atoms with Crippen LogP contribution >= 0.6 is 0 Å². The van der Waals surface area contributed by atoms with Crippen molar-refractivity contribution in [1.29, 1.82) is 0 Å². The van der Waals surface area contributed by atoms with Gasteiger partial charge in [-0.15, -0.1) is 0 Å². The molecule has 5 unspecified atom stereocenters. The zero-order valence-electron chi connectivity index (χ0n) is 23.1. The first-order valence-electron chi connectivity index (χ1n) is 14.7. The zero-order chi connectivity index (χ0) is 28.0. The maximum absolute atomic E-state index is 12.6. The number of esters is 1. The van der Waals surface area contributed by atoms with Crippen molar-refractivity contribution in [2.24, 2.45) is 17.8 Å². The van der Waals surface area contributed by atoms with Gasteiger partial charge in [0, 0.05) is 18.4 Å². The normalized spacial score (nSPS) is 25.2. The van der Waals surface area contributed by atoms with E-state index in [1.807, 2.05) is 0 Å². The number of allylic oxidation sites excluding steroid dienone is 4. The minimum absolute atomic E-state index is 0.0181.